The third kappa shape index (κ3) is 2.96. The Bertz CT molecular complexity index is 1330. The lowest BCUT2D eigenvalue weighted by Crippen LogP contribution is -2.49. The molecule has 1 saturated carbocycles. The summed E-state index contributed by atoms with van der Waals surface area (Å²) in [6.45, 7) is 0.959. The zero-order valence-corrected chi connectivity index (χ0v) is 19.5. The van der Waals surface area contributed by atoms with Crippen molar-refractivity contribution in [1.82, 2.24) is 4.98 Å². The van der Waals surface area contributed by atoms with Crippen molar-refractivity contribution in [3.05, 3.63) is 107 Å². The maximum Gasteiger partial charge on any atom is 0.129 e. The van der Waals surface area contributed by atoms with Crippen LogP contribution in [0.15, 0.2) is 84.9 Å². The van der Waals surface area contributed by atoms with Crippen molar-refractivity contribution in [2.45, 2.75) is 55.5 Å². The first-order valence-corrected chi connectivity index (χ1v) is 12.8. The van der Waals surface area contributed by atoms with Crippen molar-refractivity contribution < 1.29 is 0 Å². The van der Waals surface area contributed by atoms with Gasteiger partial charge in [-0.15, -0.1) is 0 Å². The lowest BCUT2D eigenvalue weighted by Gasteiger charge is -2.43. The van der Waals surface area contributed by atoms with Crippen LogP contribution in [-0.2, 0) is 5.41 Å². The number of hydrogen-bond donors (Lipinski definition) is 1. The van der Waals surface area contributed by atoms with Gasteiger partial charge in [0.15, 0.2) is 0 Å². The number of rotatable bonds is 4. The quantitative estimate of drug-likeness (QED) is 0.410. The van der Waals surface area contributed by atoms with E-state index >= 15 is 0 Å². The maximum atomic E-state index is 6.52. The van der Waals surface area contributed by atoms with Gasteiger partial charge in [-0.1, -0.05) is 66.7 Å². The second-order valence-corrected chi connectivity index (χ2v) is 10.6. The standard InChI is InChI=1S/C31H31N3/c32-22-9-7-10-23(18-22)34(30-17-16-21-8-1-6-15-29(21)33-30)20-31-19-26(24-11-2-4-13-27(24)31)25-12-3-5-14-28(25)31/h1-6,8,11-17,22-23,26H,7,9-10,18-20,32H2. The predicted octanol–water partition coefficient (Wildman–Crippen LogP) is 6.15. The Morgan fingerprint density at radius 3 is 2.29 bits per heavy atom. The van der Waals surface area contributed by atoms with E-state index in [1.54, 1.807) is 0 Å². The van der Waals surface area contributed by atoms with Gasteiger partial charge in [0.1, 0.15) is 5.82 Å². The number of nitrogens with two attached hydrogens (primary N) is 1. The highest BCUT2D eigenvalue weighted by molar-refractivity contribution is 5.80. The van der Waals surface area contributed by atoms with Gasteiger partial charge >= 0.3 is 0 Å². The molecule has 3 nitrogen and oxygen atoms in total. The van der Waals surface area contributed by atoms with Crippen molar-refractivity contribution in [2.75, 3.05) is 11.4 Å². The van der Waals surface area contributed by atoms with E-state index in [1.165, 1.54) is 40.5 Å². The van der Waals surface area contributed by atoms with Gasteiger partial charge in [0.25, 0.3) is 0 Å². The first-order valence-electron chi connectivity index (χ1n) is 12.8. The van der Waals surface area contributed by atoms with E-state index in [1.807, 2.05) is 0 Å². The van der Waals surface area contributed by atoms with Gasteiger partial charge in [0, 0.05) is 35.3 Å². The fourth-order valence-corrected chi connectivity index (χ4v) is 7.20. The fourth-order valence-electron chi connectivity index (χ4n) is 7.20. The molecule has 2 unspecified atom stereocenters. The molecular weight excluding hydrogens is 414 g/mol. The summed E-state index contributed by atoms with van der Waals surface area (Å²) in [7, 11) is 0. The largest absolute Gasteiger partial charge is 0.352 e. The second kappa shape index (κ2) is 7.68. The van der Waals surface area contributed by atoms with Crippen LogP contribution in [0.3, 0.4) is 0 Å². The van der Waals surface area contributed by atoms with Crippen LogP contribution in [0, 0.1) is 0 Å². The number of hydrogen-bond acceptors (Lipinski definition) is 3. The van der Waals surface area contributed by atoms with E-state index in [4.69, 9.17) is 10.7 Å². The third-order valence-corrected chi connectivity index (χ3v) is 8.70. The van der Waals surface area contributed by atoms with Gasteiger partial charge in [-0.25, -0.2) is 4.98 Å². The monoisotopic (exact) mass is 445 g/mol. The average molecular weight is 446 g/mol. The molecule has 34 heavy (non-hydrogen) atoms. The summed E-state index contributed by atoms with van der Waals surface area (Å²) in [5.74, 6) is 1.60. The van der Waals surface area contributed by atoms with Crippen molar-refractivity contribution >= 4 is 16.7 Å². The van der Waals surface area contributed by atoms with E-state index in [0.717, 1.165) is 37.1 Å². The molecule has 2 N–H and O–H groups in total. The van der Waals surface area contributed by atoms with E-state index in [-0.39, 0.29) is 11.5 Å². The molecule has 2 bridgehead atoms. The van der Waals surface area contributed by atoms with Gasteiger partial charge < -0.3 is 10.6 Å². The second-order valence-electron chi connectivity index (χ2n) is 10.6. The van der Waals surface area contributed by atoms with Gasteiger partial charge in [-0.2, -0.15) is 0 Å². The van der Waals surface area contributed by atoms with Crippen molar-refractivity contribution in [2.24, 2.45) is 5.73 Å². The van der Waals surface area contributed by atoms with Crippen LogP contribution < -0.4 is 10.6 Å². The summed E-state index contributed by atoms with van der Waals surface area (Å²) in [6.07, 6.45) is 5.71. The summed E-state index contributed by atoms with van der Waals surface area (Å²) in [4.78, 5) is 7.83. The summed E-state index contributed by atoms with van der Waals surface area (Å²) in [5.41, 5.74) is 13.7. The molecule has 0 saturated heterocycles. The minimum atomic E-state index is 0.00667. The van der Waals surface area contributed by atoms with Gasteiger partial charge in [-0.05, 0) is 72.6 Å². The Morgan fingerprint density at radius 1 is 0.824 bits per heavy atom. The Hall–Kier alpha value is -3.17. The molecule has 1 fully saturated rings. The number of pyridine rings is 1. The molecule has 3 aromatic carbocycles. The zero-order valence-electron chi connectivity index (χ0n) is 19.5. The van der Waals surface area contributed by atoms with Crippen LogP contribution in [0.4, 0.5) is 5.82 Å². The van der Waals surface area contributed by atoms with E-state index in [0.29, 0.717) is 12.0 Å². The number of nitrogens with zero attached hydrogens (tertiary/aromatic N) is 2. The molecule has 7 rings (SSSR count). The highest BCUT2D eigenvalue weighted by Gasteiger charge is 2.53. The van der Waals surface area contributed by atoms with Crippen LogP contribution >= 0.6 is 0 Å². The minimum absolute atomic E-state index is 0.00667. The normalized spacial score (nSPS) is 26.9. The average Bonchev–Trinajstić information content (AvgIpc) is 3.40. The Labute approximate surface area is 201 Å². The number of aromatic nitrogens is 1. The summed E-state index contributed by atoms with van der Waals surface area (Å²) in [6, 6.07) is 31.9. The minimum Gasteiger partial charge on any atom is -0.352 e. The van der Waals surface area contributed by atoms with E-state index in [9.17, 15) is 0 Å². The molecular formula is C31H31N3. The van der Waals surface area contributed by atoms with Crippen molar-refractivity contribution in [3.8, 4) is 0 Å². The molecule has 0 amide bonds. The molecule has 1 aromatic heterocycles. The molecule has 3 heteroatoms. The van der Waals surface area contributed by atoms with Crippen LogP contribution in [0.2, 0.25) is 0 Å². The number of anilines is 1. The molecule has 2 atom stereocenters. The van der Waals surface area contributed by atoms with Crippen molar-refractivity contribution in [1.29, 1.82) is 0 Å². The number of benzene rings is 3. The molecule has 3 aliphatic carbocycles. The predicted molar refractivity (Wildman–Crippen MR) is 139 cm³/mol. The highest BCUT2D eigenvalue weighted by atomic mass is 15.2. The van der Waals surface area contributed by atoms with Gasteiger partial charge in [0.2, 0.25) is 0 Å². The topological polar surface area (TPSA) is 42.1 Å². The maximum absolute atomic E-state index is 6.52. The smallest absolute Gasteiger partial charge is 0.129 e. The number of para-hydroxylation sites is 1. The summed E-state index contributed by atoms with van der Waals surface area (Å²) >= 11 is 0. The van der Waals surface area contributed by atoms with Crippen molar-refractivity contribution in [3.63, 3.8) is 0 Å². The van der Waals surface area contributed by atoms with E-state index in [2.05, 4.69) is 89.8 Å². The molecule has 0 radical (unpaired) electrons. The SMILES string of the molecule is NC1CCCC(N(CC23CC(c4ccccc42)c2ccccc23)c2ccc3ccccc3n2)C1. The van der Waals surface area contributed by atoms with Crippen LogP contribution in [-0.4, -0.2) is 23.6 Å². The summed E-state index contributed by atoms with van der Waals surface area (Å²) in [5, 5.41) is 1.20. The molecule has 1 heterocycles. The zero-order chi connectivity index (χ0) is 22.7. The first-order chi connectivity index (χ1) is 16.7. The van der Waals surface area contributed by atoms with Crippen LogP contribution in [0.1, 0.15) is 60.3 Å². The van der Waals surface area contributed by atoms with E-state index < -0.39 is 0 Å². The molecule has 0 aliphatic heterocycles. The molecule has 3 aliphatic rings. The molecule has 0 spiro atoms. The Morgan fingerprint density at radius 2 is 1.53 bits per heavy atom. The van der Waals surface area contributed by atoms with Gasteiger partial charge in [0.05, 0.1) is 5.52 Å². The fraction of sp³-hybridized carbons (Fsp3) is 0.323. The third-order valence-electron chi connectivity index (χ3n) is 8.70. The lowest BCUT2D eigenvalue weighted by atomic mass is 9.74. The van der Waals surface area contributed by atoms with Gasteiger partial charge in [-0.3, -0.25) is 0 Å². The summed E-state index contributed by atoms with van der Waals surface area (Å²) < 4.78 is 0. The molecule has 4 aromatic rings. The first kappa shape index (κ1) is 20.2. The van der Waals surface area contributed by atoms with Crippen LogP contribution in [0.25, 0.3) is 10.9 Å². The van der Waals surface area contributed by atoms with Crippen LogP contribution in [0.5, 0.6) is 0 Å². The highest BCUT2D eigenvalue weighted by Crippen LogP contribution is 2.60. The number of fused-ring (bicyclic) bond motifs is 9. The Balaban J connectivity index is 1.38. The Kier molecular flexibility index (Phi) is 4.57. The lowest BCUT2D eigenvalue weighted by molar-refractivity contribution is 0.355. The molecule has 170 valence electrons.